The van der Waals surface area contributed by atoms with Gasteiger partial charge in [0.1, 0.15) is 0 Å². The molecule has 0 spiro atoms. The van der Waals surface area contributed by atoms with E-state index in [2.05, 4.69) is 11.4 Å². The van der Waals surface area contributed by atoms with Gasteiger partial charge in [-0.15, -0.1) is 0 Å². The first kappa shape index (κ1) is 14.1. The maximum Gasteiger partial charge on any atom is 0.303 e. The lowest BCUT2D eigenvalue weighted by molar-refractivity contribution is -0.141. The van der Waals surface area contributed by atoms with Crippen LogP contribution in [0.3, 0.4) is 0 Å². The van der Waals surface area contributed by atoms with Gasteiger partial charge in [0.05, 0.1) is 6.42 Å². The van der Waals surface area contributed by atoms with Crippen molar-refractivity contribution in [3.8, 4) is 0 Å². The molecule has 106 valence electrons. The van der Waals surface area contributed by atoms with Crippen molar-refractivity contribution in [1.82, 2.24) is 5.32 Å². The molecule has 1 saturated carbocycles. The van der Waals surface area contributed by atoms with E-state index in [1.165, 1.54) is 18.4 Å². The molecule has 2 aliphatic rings. The average molecular weight is 265 g/mol. The Labute approximate surface area is 114 Å². The van der Waals surface area contributed by atoms with Crippen LogP contribution in [-0.2, 0) is 9.59 Å². The number of amides is 1. The minimum Gasteiger partial charge on any atom is -0.481 e. The molecule has 0 saturated heterocycles. The second kappa shape index (κ2) is 6.22. The van der Waals surface area contributed by atoms with E-state index in [9.17, 15) is 9.59 Å². The molecule has 0 aromatic rings. The third-order valence-corrected chi connectivity index (χ3v) is 4.37. The first-order chi connectivity index (χ1) is 9.10. The molecule has 2 aliphatic carbocycles. The lowest BCUT2D eigenvalue weighted by Crippen LogP contribution is -2.43. The van der Waals surface area contributed by atoms with E-state index >= 15 is 0 Å². The smallest absolute Gasteiger partial charge is 0.303 e. The van der Waals surface area contributed by atoms with E-state index in [0.29, 0.717) is 13.0 Å². The zero-order valence-corrected chi connectivity index (χ0v) is 11.4. The van der Waals surface area contributed by atoms with Gasteiger partial charge in [0.25, 0.3) is 0 Å². The first-order valence-corrected chi connectivity index (χ1v) is 7.26. The summed E-state index contributed by atoms with van der Waals surface area (Å²) >= 11 is 0. The Balaban J connectivity index is 1.76. The van der Waals surface area contributed by atoms with Crippen molar-refractivity contribution in [2.45, 2.75) is 57.8 Å². The van der Waals surface area contributed by atoms with Crippen LogP contribution in [0.5, 0.6) is 0 Å². The minimum atomic E-state index is -0.760. The Morgan fingerprint density at radius 3 is 2.58 bits per heavy atom. The van der Waals surface area contributed by atoms with Crippen molar-refractivity contribution < 1.29 is 14.7 Å². The molecule has 0 unspecified atom stereocenters. The van der Waals surface area contributed by atoms with Crippen LogP contribution in [0.15, 0.2) is 11.6 Å². The zero-order valence-electron chi connectivity index (χ0n) is 11.4. The Hall–Kier alpha value is -1.32. The molecule has 1 amide bonds. The van der Waals surface area contributed by atoms with Crippen molar-refractivity contribution >= 4 is 11.9 Å². The van der Waals surface area contributed by atoms with Crippen LogP contribution in [0, 0.1) is 5.41 Å². The van der Waals surface area contributed by atoms with Crippen molar-refractivity contribution in [3.05, 3.63) is 11.6 Å². The number of aliphatic carboxylic acids is 1. The molecule has 0 heterocycles. The highest BCUT2D eigenvalue weighted by Crippen LogP contribution is 2.43. The molecule has 0 radical (unpaired) electrons. The van der Waals surface area contributed by atoms with Gasteiger partial charge in [-0.05, 0) is 43.9 Å². The van der Waals surface area contributed by atoms with Gasteiger partial charge in [-0.1, -0.05) is 18.1 Å². The highest BCUT2D eigenvalue weighted by molar-refractivity contribution is 5.78. The Bertz CT molecular complexity index is 383. The molecule has 0 aromatic heterocycles. The summed E-state index contributed by atoms with van der Waals surface area (Å²) in [7, 11) is 0. The van der Waals surface area contributed by atoms with Crippen molar-refractivity contribution in [1.29, 1.82) is 0 Å². The van der Waals surface area contributed by atoms with Gasteiger partial charge in [0.15, 0.2) is 0 Å². The minimum absolute atomic E-state index is 0.0461. The van der Waals surface area contributed by atoms with E-state index in [0.717, 1.165) is 32.1 Å². The van der Waals surface area contributed by atoms with E-state index in [-0.39, 0.29) is 17.7 Å². The fourth-order valence-electron chi connectivity index (χ4n) is 3.03. The highest BCUT2D eigenvalue weighted by atomic mass is 16.4. The van der Waals surface area contributed by atoms with Crippen LogP contribution in [0.25, 0.3) is 0 Å². The second-order valence-corrected chi connectivity index (χ2v) is 5.99. The van der Waals surface area contributed by atoms with Gasteiger partial charge in [0.2, 0.25) is 5.91 Å². The van der Waals surface area contributed by atoms with Crippen molar-refractivity contribution in [2.75, 3.05) is 6.54 Å². The lowest BCUT2D eigenvalue weighted by Gasteiger charge is -2.40. The molecule has 1 fully saturated rings. The van der Waals surface area contributed by atoms with Gasteiger partial charge in [-0.25, -0.2) is 0 Å². The first-order valence-electron chi connectivity index (χ1n) is 7.26. The number of hydrogen-bond donors (Lipinski definition) is 2. The predicted octanol–water partition coefficient (Wildman–Crippen LogP) is 2.64. The van der Waals surface area contributed by atoms with Gasteiger partial charge >= 0.3 is 5.97 Å². The number of hydrogen-bond acceptors (Lipinski definition) is 2. The van der Waals surface area contributed by atoms with Crippen molar-refractivity contribution in [2.24, 2.45) is 5.41 Å². The third-order valence-electron chi connectivity index (χ3n) is 4.37. The number of rotatable bonds is 6. The summed E-state index contributed by atoms with van der Waals surface area (Å²) in [5.74, 6) is -0.714. The molecule has 2 rings (SSSR count). The summed E-state index contributed by atoms with van der Waals surface area (Å²) in [5, 5.41) is 11.9. The quantitative estimate of drug-likeness (QED) is 0.725. The normalized spacial score (nSPS) is 21.2. The Morgan fingerprint density at radius 1 is 1.26 bits per heavy atom. The third kappa shape index (κ3) is 4.08. The lowest BCUT2D eigenvalue weighted by atomic mass is 9.66. The molecule has 0 aliphatic heterocycles. The number of carbonyl (C=O) groups excluding carboxylic acids is 1. The molecular formula is C15H23NO3. The maximum absolute atomic E-state index is 11.9. The molecule has 0 atom stereocenters. The summed E-state index contributed by atoms with van der Waals surface area (Å²) < 4.78 is 0. The molecule has 0 aromatic carbocycles. The SMILES string of the molecule is O=C(O)CC1(CNC(=O)CC2=CCCCC2)CCC1. The van der Waals surface area contributed by atoms with Gasteiger partial charge in [-0.3, -0.25) is 9.59 Å². The topological polar surface area (TPSA) is 66.4 Å². The van der Waals surface area contributed by atoms with Crippen LogP contribution in [0.4, 0.5) is 0 Å². The number of carboxylic acids is 1. The molecule has 19 heavy (non-hydrogen) atoms. The fourth-order valence-corrected chi connectivity index (χ4v) is 3.03. The molecular weight excluding hydrogens is 242 g/mol. The number of carbonyl (C=O) groups is 2. The summed E-state index contributed by atoms with van der Waals surface area (Å²) in [6.45, 7) is 0.519. The van der Waals surface area contributed by atoms with Crippen LogP contribution in [0.1, 0.15) is 57.8 Å². The number of nitrogens with one attached hydrogen (secondary N) is 1. The molecule has 2 N–H and O–H groups in total. The van der Waals surface area contributed by atoms with E-state index in [4.69, 9.17) is 5.11 Å². The second-order valence-electron chi connectivity index (χ2n) is 5.99. The summed E-state index contributed by atoms with van der Waals surface area (Å²) in [5.41, 5.74) is 1.06. The monoisotopic (exact) mass is 265 g/mol. The van der Waals surface area contributed by atoms with Gasteiger partial charge in [-0.2, -0.15) is 0 Å². The van der Waals surface area contributed by atoms with E-state index < -0.39 is 5.97 Å². The predicted molar refractivity (Wildman–Crippen MR) is 72.7 cm³/mol. The number of allylic oxidation sites excluding steroid dienone is 1. The summed E-state index contributed by atoms with van der Waals surface area (Å²) in [6.07, 6.45) is 10.3. The molecule has 0 bridgehead atoms. The number of carboxylic acid groups (broad SMARTS) is 1. The van der Waals surface area contributed by atoms with Gasteiger partial charge < -0.3 is 10.4 Å². The molecule has 4 nitrogen and oxygen atoms in total. The Morgan fingerprint density at radius 2 is 2.05 bits per heavy atom. The van der Waals surface area contributed by atoms with Crippen LogP contribution < -0.4 is 5.32 Å². The molecule has 4 heteroatoms. The average Bonchev–Trinajstić information content (AvgIpc) is 2.33. The van der Waals surface area contributed by atoms with E-state index in [1.807, 2.05) is 0 Å². The van der Waals surface area contributed by atoms with Crippen LogP contribution in [-0.4, -0.2) is 23.5 Å². The van der Waals surface area contributed by atoms with Crippen LogP contribution in [0.2, 0.25) is 0 Å². The fraction of sp³-hybridized carbons (Fsp3) is 0.733. The van der Waals surface area contributed by atoms with Gasteiger partial charge in [0, 0.05) is 13.0 Å². The van der Waals surface area contributed by atoms with Crippen molar-refractivity contribution in [3.63, 3.8) is 0 Å². The maximum atomic E-state index is 11.9. The van der Waals surface area contributed by atoms with E-state index in [1.54, 1.807) is 0 Å². The Kier molecular flexibility index (Phi) is 4.61. The summed E-state index contributed by atoms with van der Waals surface area (Å²) in [6, 6.07) is 0. The standard InChI is InChI=1S/C15H23NO3/c17-13(9-12-5-2-1-3-6-12)16-11-15(7-4-8-15)10-14(18)19/h5H,1-4,6-11H2,(H,16,17)(H,18,19). The highest BCUT2D eigenvalue weighted by Gasteiger charge is 2.39. The van der Waals surface area contributed by atoms with Crippen LogP contribution >= 0.6 is 0 Å². The zero-order chi connectivity index (χ0) is 13.7. The summed E-state index contributed by atoms with van der Waals surface area (Å²) in [4.78, 5) is 22.7. The largest absolute Gasteiger partial charge is 0.481 e.